The molecule has 1 unspecified atom stereocenters. The summed E-state index contributed by atoms with van der Waals surface area (Å²) in [6, 6.07) is 7.33. The number of fused-ring (bicyclic) bond motifs is 1. The molecule has 0 fully saturated rings. The molecule has 1 aromatic heterocycles. The second-order valence-electron chi connectivity index (χ2n) is 5.61. The van der Waals surface area contributed by atoms with Crippen LogP contribution in [0.1, 0.15) is 17.3 Å². The molecule has 0 radical (unpaired) electrons. The van der Waals surface area contributed by atoms with E-state index in [1.165, 1.54) is 37.3 Å². The summed E-state index contributed by atoms with van der Waals surface area (Å²) in [4.78, 5) is 29.8. The lowest BCUT2D eigenvalue weighted by Crippen LogP contribution is -2.47. The molecule has 10 heteroatoms. The third kappa shape index (κ3) is 4.29. The number of ether oxygens (including phenoxy) is 1. The summed E-state index contributed by atoms with van der Waals surface area (Å²) >= 11 is 4.94. The first-order chi connectivity index (χ1) is 12.8. The zero-order chi connectivity index (χ0) is 19.6. The van der Waals surface area contributed by atoms with E-state index in [0.717, 1.165) is 6.07 Å². The van der Waals surface area contributed by atoms with Crippen LogP contribution in [-0.4, -0.2) is 27.9 Å². The molecule has 3 aromatic rings. The zero-order valence-corrected chi connectivity index (χ0v) is 14.7. The summed E-state index contributed by atoms with van der Waals surface area (Å²) in [5.74, 6) is -2.18. The molecule has 0 aliphatic heterocycles. The highest BCUT2D eigenvalue weighted by Gasteiger charge is 2.18. The molecule has 2 amide bonds. The Bertz CT molecular complexity index is 1060. The Morgan fingerprint density at radius 1 is 1.07 bits per heavy atom. The molecule has 140 valence electrons. The molecular weight excluding hydrogens is 378 g/mol. The SMILES string of the molecule is CC(Oc1ccc(F)cc1)C(=O)NNC(=O)c1cc(F)cc2[nH]c(=S)[nH]c12. The molecule has 7 nitrogen and oxygen atoms in total. The smallest absolute Gasteiger partial charge is 0.279 e. The number of carbonyl (C=O) groups is 2. The fraction of sp³-hybridized carbons (Fsp3) is 0.118. The quantitative estimate of drug-likeness (QED) is 0.405. The Kier molecular flexibility index (Phi) is 5.17. The van der Waals surface area contributed by atoms with Crippen molar-refractivity contribution in [3.8, 4) is 5.75 Å². The second kappa shape index (κ2) is 7.54. The molecule has 4 N–H and O–H groups in total. The van der Waals surface area contributed by atoms with E-state index in [-0.39, 0.29) is 16.1 Å². The number of benzene rings is 2. The van der Waals surface area contributed by atoms with Gasteiger partial charge < -0.3 is 14.7 Å². The van der Waals surface area contributed by atoms with Crippen LogP contribution in [0.5, 0.6) is 5.75 Å². The molecule has 1 heterocycles. The van der Waals surface area contributed by atoms with Crippen LogP contribution in [-0.2, 0) is 4.79 Å². The lowest BCUT2D eigenvalue weighted by atomic mass is 10.1. The minimum Gasteiger partial charge on any atom is -0.481 e. The number of hydrazine groups is 1. The van der Waals surface area contributed by atoms with E-state index >= 15 is 0 Å². The van der Waals surface area contributed by atoms with Crippen molar-refractivity contribution in [2.24, 2.45) is 0 Å². The fourth-order valence-corrected chi connectivity index (χ4v) is 2.56. The summed E-state index contributed by atoms with van der Waals surface area (Å²) in [6.45, 7) is 1.45. The first-order valence-corrected chi connectivity index (χ1v) is 8.18. The Morgan fingerprint density at radius 2 is 1.78 bits per heavy atom. The fourth-order valence-electron chi connectivity index (χ4n) is 2.34. The molecule has 0 bridgehead atoms. The monoisotopic (exact) mass is 392 g/mol. The number of hydrogen-bond acceptors (Lipinski definition) is 4. The number of imidazole rings is 1. The number of aromatic amines is 2. The number of amides is 2. The van der Waals surface area contributed by atoms with Crippen molar-refractivity contribution in [3.05, 3.63) is 58.4 Å². The zero-order valence-electron chi connectivity index (χ0n) is 13.9. The van der Waals surface area contributed by atoms with Crippen molar-refractivity contribution in [1.29, 1.82) is 0 Å². The lowest BCUT2D eigenvalue weighted by molar-refractivity contribution is -0.128. The maximum Gasteiger partial charge on any atom is 0.279 e. The van der Waals surface area contributed by atoms with Crippen LogP contribution in [0.3, 0.4) is 0 Å². The average Bonchev–Trinajstić information content (AvgIpc) is 3.00. The third-order valence-electron chi connectivity index (χ3n) is 3.63. The summed E-state index contributed by atoms with van der Waals surface area (Å²) < 4.78 is 32.1. The molecule has 0 saturated carbocycles. The van der Waals surface area contributed by atoms with Crippen LogP contribution in [0.25, 0.3) is 11.0 Å². The minimum atomic E-state index is -0.971. The van der Waals surface area contributed by atoms with E-state index in [9.17, 15) is 18.4 Å². The Balaban J connectivity index is 1.65. The number of halogens is 2. The van der Waals surface area contributed by atoms with Gasteiger partial charge in [0.05, 0.1) is 16.6 Å². The van der Waals surface area contributed by atoms with Crippen molar-refractivity contribution in [1.82, 2.24) is 20.8 Å². The molecular formula is C17H14F2N4O3S. The summed E-state index contributed by atoms with van der Waals surface area (Å²) in [5, 5.41) is 0. The molecule has 0 aliphatic carbocycles. The van der Waals surface area contributed by atoms with Gasteiger partial charge in [0.15, 0.2) is 10.9 Å². The molecule has 2 aromatic carbocycles. The summed E-state index contributed by atoms with van der Waals surface area (Å²) in [5.41, 5.74) is 4.98. The highest BCUT2D eigenvalue weighted by atomic mass is 32.1. The Labute approximate surface area is 156 Å². The van der Waals surface area contributed by atoms with Crippen molar-refractivity contribution in [2.45, 2.75) is 13.0 Å². The molecule has 0 aliphatic rings. The van der Waals surface area contributed by atoms with Crippen LogP contribution < -0.4 is 15.6 Å². The van der Waals surface area contributed by atoms with Crippen molar-refractivity contribution < 1.29 is 23.1 Å². The van der Waals surface area contributed by atoms with E-state index in [1.807, 2.05) is 0 Å². The largest absolute Gasteiger partial charge is 0.481 e. The molecule has 0 spiro atoms. The van der Waals surface area contributed by atoms with Gasteiger partial charge in [0.1, 0.15) is 17.4 Å². The first kappa shape index (κ1) is 18.5. The topological polar surface area (TPSA) is 99.0 Å². The van der Waals surface area contributed by atoms with E-state index < -0.39 is 29.6 Å². The van der Waals surface area contributed by atoms with Crippen LogP contribution in [0.4, 0.5) is 8.78 Å². The van der Waals surface area contributed by atoms with Gasteiger partial charge in [0.25, 0.3) is 11.8 Å². The number of H-pyrrole nitrogens is 2. The van der Waals surface area contributed by atoms with Crippen molar-refractivity contribution in [3.63, 3.8) is 0 Å². The number of rotatable bonds is 4. The van der Waals surface area contributed by atoms with E-state index in [4.69, 9.17) is 17.0 Å². The standard InChI is InChI=1S/C17H14F2N4O3S/c1-8(26-11-4-2-9(18)3-5-11)15(24)22-23-16(25)12-6-10(19)7-13-14(12)21-17(27)20-13/h2-8H,1H3,(H,22,24)(H,23,25)(H2,20,21,27). The van der Waals surface area contributed by atoms with Crippen LogP contribution in [0.2, 0.25) is 0 Å². The van der Waals surface area contributed by atoms with Gasteiger partial charge in [-0.2, -0.15) is 0 Å². The van der Waals surface area contributed by atoms with Crippen LogP contribution >= 0.6 is 12.2 Å². The lowest BCUT2D eigenvalue weighted by Gasteiger charge is -2.15. The summed E-state index contributed by atoms with van der Waals surface area (Å²) in [7, 11) is 0. The number of aromatic nitrogens is 2. The van der Waals surface area contributed by atoms with Crippen LogP contribution in [0.15, 0.2) is 36.4 Å². The number of nitrogens with one attached hydrogen (secondary N) is 4. The van der Waals surface area contributed by atoms with Crippen molar-refractivity contribution >= 4 is 35.1 Å². The number of carbonyl (C=O) groups excluding carboxylic acids is 2. The summed E-state index contributed by atoms with van der Waals surface area (Å²) in [6.07, 6.45) is -0.971. The van der Waals surface area contributed by atoms with Gasteiger partial charge in [-0.3, -0.25) is 20.4 Å². The Hall–Kier alpha value is -3.27. The van der Waals surface area contributed by atoms with Gasteiger partial charge in [-0.15, -0.1) is 0 Å². The van der Waals surface area contributed by atoms with Crippen molar-refractivity contribution in [2.75, 3.05) is 0 Å². The molecule has 3 rings (SSSR count). The normalized spacial score (nSPS) is 11.8. The number of hydrogen-bond donors (Lipinski definition) is 4. The average molecular weight is 392 g/mol. The maximum atomic E-state index is 13.7. The van der Waals surface area contributed by atoms with E-state index in [1.54, 1.807) is 0 Å². The minimum absolute atomic E-state index is 0.0373. The van der Waals surface area contributed by atoms with Gasteiger partial charge in [-0.25, -0.2) is 8.78 Å². The molecule has 0 saturated heterocycles. The molecule has 27 heavy (non-hydrogen) atoms. The van der Waals surface area contributed by atoms with Crippen LogP contribution in [0, 0.1) is 16.4 Å². The third-order valence-corrected chi connectivity index (χ3v) is 3.83. The maximum absolute atomic E-state index is 13.7. The van der Waals surface area contributed by atoms with Gasteiger partial charge >= 0.3 is 0 Å². The predicted molar refractivity (Wildman–Crippen MR) is 95.5 cm³/mol. The van der Waals surface area contributed by atoms with Gasteiger partial charge in [-0.1, -0.05) is 0 Å². The first-order valence-electron chi connectivity index (χ1n) is 7.77. The predicted octanol–water partition coefficient (Wildman–Crippen LogP) is 2.73. The van der Waals surface area contributed by atoms with Gasteiger partial charge in [-0.05, 0) is 55.5 Å². The van der Waals surface area contributed by atoms with E-state index in [2.05, 4.69) is 20.8 Å². The van der Waals surface area contributed by atoms with Gasteiger partial charge in [0.2, 0.25) is 0 Å². The van der Waals surface area contributed by atoms with Gasteiger partial charge in [0, 0.05) is 0 Å². The Morgan fingerprint density at radius 3 is 2.48 bits per heavy atom. The highest BCUT2D eigenvalue weighted by Crippen LogP contribution is 2.18. The highest BCUT2D eigenvalue weighted by molar-refractivity contribution is 7.71. The second-order valence-corrected chi connectivity index (χ2v) is 6.02. The molecule has 1 atom stereocenters. The van der Waals surface area contributed by atoms with E-state index in [0.29, 0.717) is 11.0 Å².